The van der Waals surface area contributed by atoms with E-state index in [2.05, 4.69) is 60.8 Å². The van der Waals surface area contributed by atoms with Gasteiger partial charge in [-0.3, -0.25) is 4.90 Å². The number of aromatic nitrogens is 3. The molecule has 0 radical (unpaired) electrons. The first-order valence-corrected chi connectivity index (χ1v) is 13.2. The lowest BCUT2D eigenvalue weighted by atomic mass is 9.95. The molecule has 5 heterocycles. The molecule has 0 atom stereocenters. The van der Waals surface area contributed by atoms with E-state index in [0.717, 1.165) is 52.1 Å². The number of rotatable bonds is 4. The highest BCUT2D eigenvalue weighted by Crippen LogP contribution is 2.40. The predicted molar refractivity (Wildman–Crippen MR) is 141 cm³/mol. The van der Waals surface area contributed by atoms with Crippen LogP contribution < -0.4 is 9.64 Å². The number of hydrogen-bond acceptors (Lipinski definition) is 7. The van der Waals surface area contributed by atoms with E-state index in [4.69, 9.17) is 21.3 Å². The van der Waals surface area contributed by atoms with E-state index in [-0.39, 0.29) is 22.2 Å². The second-order valence-electron chi connectivity index (χ2n) is 8.56. The fourth-order valence-electron chi connectivity index (χ4n) is 5.04. The first kappa shape index (κ1) is 27.0. The largest absolute Gasteiger partial charge is 0.461 e. The molecule has 0 bridgehead atoms. The van der Waals surface area contributed by atoms with Gasteiger partial charge >= 0.3 is 6.01 Å². The molecule has 0 spiro atoms. The molecule has 0 amide bonds. The minimum Gasteiger partial charge on any atom is -0.461 e. The van der Waals surface area contributed by atoms with E-state index < -0.39 is 5.82 Å². The van der Waals surface area contributed by atoms with Crippen LogP contribution in [0.25, 0.3) is 10.9 Å². The van der Waals surface area contributed by atoms with Gasteiger partial charge in [-0.25, -0.2) is 9.37 Å². The molecule has 5 rings (SSSR count). The molecule has 2 aromatic heterocycles. The maximum Gasteiger partial charge on any atom is 0.319 e. The van der Waals surface area contributed by atoms with Crippen LogP contribution in [0.5, 0.6) is 6.01 Å². The summed E-state index contributed by atoms with van der Waals surface area (Å²) in [5, 5.41) is 0.329. The Balaban J connectivity index is 0.000000771. The highest BCUT2D eigenvalue weighted by molar-refractivity contribution is 9.10. The van der Waals surface area contributed by atoms with Crippen molar-refractivity contribution in [3.8, 4) is 6.01 Å². The van der Waals surface area contributed by atoms with Crippen molar-refractivity contribution in [3.63, 3.8) is 0 Å². The number of hydrogen-bond donors (Lipinski definition) is 0. The molecule has 0 aromatic carbocycles. The van der Waals surface area contributed by atoms with Crippen LogP contribution in [0, 0.1) is 5.82 Å². The summed E-state index contributed by atoms with van der Waals surface area (Å²) < 4.78 is 21.5. The summed E-state index contributed by atoms with van der Waals surface area (Å²) in [5.41, 5.74) is 0.217. The van der Waals surface area contributed by atoms with Gasteiger partial charge in [-0.1, -0.05) is 25.4 Å². The number of anilines is 1. The fraction of sp³-hybridized carbons (Fsp3) is 0.625. The normalized spacial score (nSPS) is 19.8. The van der Waals surface area contributed by atoms with Gasteiger partial charge < -0.3 is 14.5 Å². The summed E-state index contributed by atoms with van der Waals surface area (Å²) >= 11 is 9.45. The Kier molecular flexibility index (Phi) is 9.49. The lowest BCUT2D eigenvalue weighted by Crippen LogP contribution is -2.45. The van der Waals surface area contributed by atoms with E-state index in [1.165, 1.54) is 12.8 Å². The summed E-state index contributed by atoms with van der Waals surface area (Å²) in [5.74, 6) is 0.00394. The van der Waals surface area contributed by atoms with E-state index >= 15 is 0 Å². The van der Waals surface area contributed by atoms with E-state index in [9.17, 15) is 4.39 Å². The molecule has 3 aliphatic heterocycles. The topological polar surface area (TPSA) is 57.6 Å². The van der Waals surface area contributed by atoms with Gasteiger partial charge in [0.05, 0.1) is 10.9 Å². The number of nitrogens with zero attached hydrogens (tertiary/aromatic N) is 6. The molecule has 0 unspecified atom stereocenters. The van der Waals surface area contributed by atoms with Gasteiger partial charge in [0, 0.05) is 26.2 Å². The molecule has 34 heavy (non-hydrogen) atoms. The number of halogens is 3. The van der Waals surface area contributed by atoms with Crippen molar-refractivity contribution in [2.75, 3.05) is 57.8 Å². The Morgan fingerprint density at radius 3 is 2.26 bits per heavy atom. The third kappa shape index (κ3) is 5.32. The molecule has 0 N–H and O–H groups in total. The molecule has 10 heteroatoms. The van der Waals surface area contributed by atoms with Crippen LogP contribution >= 0.6 is 27.5 Å². The second-order valence-corrected chi connectivity index (χ2v) is 9.67. The van der Waals surface area contributed by atoms with E-state index in [0.29, 0.717) is 22.4 Å². The molecule has 3 fully saturated rings. The van der Waals surface area contributed by atoms with Crippen LogP contribution in [-0.2, 0) is 0 Å². The van der Waals surface area contributed by atoms with Crippen molar-refractivity contribution in [3.05, 3.63) is 28.7 Å². The Bertz CT molecular complexity index is 978. The Morgan fingerprint density at radius 2 is 1.65 bits per heavy atom. The van der Waals surface area contributed by atoms with Crippen LogP contribution in [0.1, 0.15) is 39.5 Å². The molecule has 3 saturated heterocycles. The number of fused-ring (bicyclic) bond motifs is 2. The Hall–Kier alpha value is -1.55. The van der Waals surface area contributed by atoms with Crippen LogP contribution in [-0.4, -0.2) is 83.2 Å². The molecular weight excluding hydrogens is 523 g/mol. The van der Waals surface area contributed by atoms with Gasteiger partial charge in [-0.15, -0.1) is 13.2 Å². The van der Waals surface area contributed by atoms with Gasteiger partial charge in [-0.2, -0.15) is 9.97 Å². The molecule has 3 aliphatic rings. The number of likely N-dealkylation sites (N-methyl/N-ethyl adjacent to an activating group) is 1. The molecule has 0 saturated carbocycles. The van der Waals surface area contributed by atoms with Crippen LogP contribution in [0.2, 0.25) is 5.15 Å². The standard InChI is InChI=1S/C20H25BrClFN6O.C2H6.C2H4/c1-27-8-10-28(11-9-27)18-13-15(14(23)17(22)25-16(13)21)24-19(26-18)30-12-20-4-2-6-29(20)7-3-5-20;2*1-2/h2-12H2,1H3;1-2H3;1-2H2. The Morgan fingerprint density at radius 1 is 1.03 bits per heavy atom. The highest BCUT2D eigenvalue weighted by atomic mass is 79.9. The maximum atomic E-state index is 14.9. The second kappa shape index (κ2) is 11.9. The SMILES string of the molecule is C=C.CC.CN1CCN(c2nc(OCC34CCCN3CCC4)nc3c(F)c(Cl)nc(Br)c23)CC1. The van der Waals surface area contributed by atoms with Gasteiger partial charge in [0.25, 0.3) is 0 Å². The quantitative estimate of drug-likeness (QED) is 0.380. The van der Waals surface area contributed by atoms with Crippen LogP contribution in [0.4, 0.5) is 10.2 Å². The number of pyridine rings is 1. The van der Waals surface area contributed by atoms with Gasteiger partial charge in [0.15, 0.2) is 11.0 Å². The third-order valence-corrected chi connectivity index (χ3v) is 7.57. The summed E-state index contributed by atoms with van der Waals surface area (Å²) in [6, 6.07) is 0.206. The van der Waals surface area contributed by atoms with Crippen molar-refractivity contribution < 1.29 is 9.13 Å². The van der Waals surface area contributed by atoms with Crippen molar-refractivity contribution in [2.24, 2.45) is 0 Å². The van der Waals surface area contributed by atoms with Gasteiger partial charge in [-0.05, 0) is 61.8 Å². The zero-order valence-corrected chi connectivity index (χ0v) is 22.8. The average molecular weight is 558 g/mol. The molecule has 188 valence electrons. The van der Waals surface area contributed by atoms with E-state index in [1.807, 2.05) is 13.8 Å². The molecule has 7 nitrogen and oxygen atoms in total. The minimum atomic E-state index is -0.640. The third-order valence-electron chi connectivity index (χ3n) is 6.74. The lowest BCUT2D eigenvalue weighted by Gasteiger charge is -2.34. The van der Waals surface area contributed by atoms with E-state index in [1.54, 1.807) is 0 Å². The first-order chi connectivity index (χ1) is 16.5. The number of piperazine rings is 1. The minimum absolute atomic E-state index is 0.0708. The molecule has 0 aliphatic carbocycles. The molecular formula is C24H35BrClFN6O. The molecule has 2 aromatic rings. The summed E-state index contributed by atoms with van der Waals surface area (Å²) in [7, 11) is 2.09. The van der Waals surface area contributed by atoms with Crippen LogP contribution in [0.15, 0.2) is 17.8 Å². The van der Waals surface area contributed by atoms with Crippen molar-refractivity contribution >= 4 is 44.3 Å². The summed E-state index contributed by atoms with van der Waals surface area (Å²) in [6.07, 6.45) is 4.64. The first-order valence-electron chi connectivity index (χ1n) is 12.0. The summed E-state index contributed by atoms with van der Waals surface area (Å²) in [6.45, 7) is 16.2. The zero-order valence-electron chi connectivity index (χ0n) is 20.4. The Labute approximate surface area is 215 Å². The van der Waals surface area contributed by atoms with Crippen molar-refractivity contribution in [1.29, 1.82) is 0 Å². The lowest BCUT2D eigenvalue weighted by molar-refractivity contribution is 0.108. The zero-order chi connectivity index (χ0) is 24.9. The average Bonchev–Trinajstić information content (AvgIpc) is 3.44. The van der Waals surface area contributed by atoms with Gasteiger partial charge in [0.2, 0.25) is 0 Å². The van der Waals surface area contributed by atoms with Crippen molar-refractivity contribution in [2.45, 2.75) is 45.1 Å². The monoisotopic (exact) mass is 556 g/mol. The number of ether oxygens (including phenoxy) is 1. The predicted octanol–water partition coefficient (Wildman–Crippen LogP) is 5.17. The van der Waals surface area contributed by atoms with Crippen molar-refractivity contribution in [1.82, 2.24) is 24.8 Å². The van der Waals surface area contributed by atoms with Gasteiger partial charge in [0.1, 0.15) is 22.5 Å². The van der Waals surface area contributed by atoms with Crippen LogP contribution in [0.3, 0.4) is 0 Å². The summed E-state index contributed by atoms with van der Waals surface area (Å²) in [4.78, 5) is 20.2. The fourth-order valence-corrected chi connectivity index (χ4v) is 5.86. The highest BCUT2D eigenvalue weighted by Gasteiger charge is 2.45. The maximum absolute atomic E-state index is 14.9. The smallest absolute Gasteiger partial charge is 0.319 e.